The first-order chi connectivity index (χ1) is 12.1. The molecule has 0 fully saturated rings. The third kappa shape index (κ3) is 5.28. The Hall–Kier alpha value is -1.92. The number of amides is 1. The van der Waals surface area contributed by atoms with Crippen molar-refractivity contribution in [1.82, 2.24) is 19.7 Å². The minimum atomic E-state index is -0.0436. The van der Waals surface area contributed by atoms with Crippen LogP contribution in [0, 0.1) is 4.77 Å². The van der Waals surface area contributed by atoms with E-state index >= 15 is 0 Å². The van der Waals surface area contributed by atoms with Gasteiger partial charge < -0.3 is 5.32 Å². The van der Waals surface area contributed by atoms with Crippen LogP contribution in [-0.4, -0.2) is 26.8 Å². The van der Waals surface area contributed by atoms with Crippen LogP contribution in [0.1, 0.15) is 26.2 Å². The predicted octanol–water partition coefficient (Wildman–Crippen LogP) is 4.23. The molecule has 0 saturated carbocycles. The summed E-state index contributed by atoms with van der Waals surface area (Å²) in [5, 5.41) is 8.09. The Balaban J connectivity index is 2.26. The van der Waals surface area contributed by atoms with Gasteiger partial charge in [0.05, 0.1) is 6.54 Å². The molecule has 2 rings (SSSR count). The van der Waals surface area contributed by atoms with Gasteiger partial charge in [-0.15, -0.1) is 6.58 Å². The second kappa shape index (κ2) is 9.53. The van der Waals surface area contributed by atoms with E-state index in [0.717, 1.165) is 30.8 Å². The van der Waals surface area contributed by atoms with Crippen LogP contribution in [0.5, 0.6) is 0 Å². The van der Waals surface area contributed by atoms with Gasteiger partial charge in [0, 0.05) is 30.1 Å². The maximum Gasteiger partial charge on any atom is 0.222 e. The summed E-state index contributed by atoms with van der Waals surface area (Å²) in [6, 6.07) is 7.55. The van der Waals surface area contributed by atoms with E-state index in [1.807, 2.05) is 28.8 Å². The van der Waals surface area contributed by atoms with Gasteiger partial charge in [-0.1, -0.05) is 31.0 Å². The zero-order chi connectivity index (χ0) is 18.2. The van der Waals surface area contributed by atoms with Crippen LogP contribution in [0.3, 0.4) is 0 Å². The normalized spacial score (nSPS) is 10.6. The number of nitrogens with zero attached hydrogens (tertiary/aromatic N) is 3. The molecule has 134 valence electrons. The van der Waals surface area contributed by atoms with Crippen molar-refractivity contribution >= 4 is 29.7 Å². The van der Waals surface area contributed by atoms with Gasteiger partial charge in [-0.05, 0) is 42.9 Å². The van der Waals surface area contributed by atoms with Crippen LogP contribution in [-0.2, 0) is 17.9 Å². The molecule has 25 heavy (non-hydrogen) atoms. The number of unbranched alkanes of at least 4 members (excludes halogenated alkanes) is 1. The summed E-state index contributed by atoms with van der Waals surface area (Å²) in [6.45, 7) is 7.44. The van der Waals surface area contributed by atoms with Crippen molar-refractivity contribution in [3.63, 3.8) is 0 Å². The van der Waals surface area contributed by atoms with Gasteiger partial charge in [0.15, 0.2) is 10.6 Å². The minimum absolute atomic E-state index is 0.0436. The van der Waals surface area contributed by atoms with Crippen LogP contribution in [0.25, 0.3) is 11.4 Å². The molecule has 1 heterocycles. The van der Waals surface area contributed by atoms with Crippen molar-refractivity contribution < 1.29 is 4.79 Å². The molecule has 0 bridgehead atoms. The van der Waals surface area contributed by atoms with Gasteiger partial charge in [-0.2, -0.15) is 5.10 Å². The zero-order valence-corrected chi connectivity index (χ0v) is 15.9. The molecule has 0 spiro atoms. The number of nitrogens with one attached hydrogen (secondary N) is 1. The van der Waals surface area contributed by atoms with E-state index in [-0.39, 0.29) is 5.91 Å². The smallest absolute Gasteiger partial charge is 0.222 e. The number of hydrogen-bond acceptors (Lipinski definition) is 3. The molecule has 5 nitrogen and oxygen atoms in total. The lowest BCUT2D eigenvalue weighted by molar-refractivity contribution is -0.121. The molecule has 0 radical (unpaired) electrons. The van der Waals surface area contributed by atoms with Crippen molar-refractivity contribution in [1.29, 1.82) is 0 Å². The van der Waals surface area contributed by atoms with Gasteiger partial charge >= 0.3 is 0 Å². The molecule has 0 atom stereocenters. The van der Waals surface area contributed by atoms with Crippen LogP contribution in [0.15, 0.2) is 36.9 Å². The van der Waals surface area contributed by atoms with E-state index in [2.05, 4.69) is 23.9 Å². The van der Waals surface area contributed by atoms with E-state index in [1.165, 1.54) is 0 Å². The Kier molecular flexibility index (Phi) is 7.40. The fourth-order valence-corrected chi connectivity index (χ4v) is 2.83. The molecular weight excluding hydrogens is 356 g/mol. The minimum Gasteiger partial charge on any atom is -0.353 e. The fourth-order valence-electron chi connectivity index (χ4n) is 2.40. The number of carbonyl (C=O) groups excluding carboxylic acids is 1. The highest BCUT2D eigenvalue weighted by Gasteiger charge is 2.13. The Morgan fingerprint density at radius 2 is 2.08 bits per heavy atom. The van der Waals surface area contributed by atoms with Gasteiger partial charge in [0.25, 0.3) is 0 Å². The number of carbonyl (C=O) groups is 1. The highest BCUT2D eigenvalue weighted by molar-refractivity contribution is 7.71. The van der Waals surface area contributed by atoms with Crippen LogP contribution >= 0.6 is 23.8 Å². The first-order valence-corrected chi connectivity index (χ1v) is 9.16. The third-order valence-electron chi connectivity index (χ3n) is 3.75. The SMILES string of the molecule is C=CCNC(=O)CCn1nc(-c2ccc(Cl)cc2)n(CCCC)c1=S. The first-order valence-electron chi connectivity index (χ1n) is 8.38. The van der Waals surface area contributed by atoms with Crippen molar-refractivity contribution in [3.8, 4) is 11.4 Å². The average molecular weight is 379 g/mol. The quantitative estimate of drug-likeness (QED) is 0.524. The second-order valence-corrected chi connectivity index (χ2v) is 6.49. The van der Waals surface area contributed by atoms with Crippen LogP contribution in [0.2, 0.25) is 5.02 Å². The van der Waals surface area contributed by atoms with E-state index in [4.69, 9.17) is 23.8 Å². The zero-order valence-electron chi connectivity index (χ0n) is 14.4. The largest absolute Gasteiger partial charge is 0.353 e. The molecule has 0 saturated heterocycles. The summed E-state index contributed by atoms with van der Waals surface area (Å²) in [4.78, 5) is 11.8. The molecule has 7 heteroatoms. The van der Waals surface area contributed by atoms with E-state index in [1.54, 1.807) is 10.8 Å². The molecule has 1 N–H and O–H groups in total. The van der Waals surface area contributed by atoms with Crippen molar-refractivity contribution in [2.75, 3.05) is 6.54 Å². The lowest BCUT2D eigenvalue weighted by atomic mass is 10.2. The number of aromatic nitrogens is 3. The molecule has 0 unspecified atom stereocenters. The topological polar surface area (TPSA) is 51.9 Å². The van der Waals surface area contributed by atoms with E-state index in [9.17, 15) is 4.79 Å². The molecular formula is C18H23ClN4OS. The monoisotopic (exact) mass is 378 g/mol. The Bertz CT molecular complexity index is 779. The Labute approximate surface area is 158 Å². The maximum absolute atomic E-state index is 11.8. The van der Waals surface area contributed by atoms with Crippen LogP contribution in [0.4, 0.5) is 0 Å². The molecule has 1 aromatic heterocycles. The lowest BCUT2D eigenvalue weighted by Gasteiger charge is -2.05. The van der Waals surface area contributed by atoms with Gasteiger partial charge in [0.2, 0.25) is 5.91 Å². The molecule has 2 aromatic rings. The predicted molar refractivity (Wildman–Crippen MR) is 104 cm³/mol. The number of rotatable bonds is 9. The van der Waals surface area contributed by atoms with E-state index < -0.39 is 0 Å². The second-order valence-electron chi connectivity index (χ2n) is 5.68. The summed E-state index contributed by atoms with van der Waals surface area (Å²) in [6.07, 6.45) is 4.06. The summed E-state index contributed by atoms with van der Waals surface area (Å²) in [5.41, 5.74) is 0.960. The molecule has 1 aromatic carbocycles. The fraction of sp³-hybridized carbons (Fsp3) is 0.389. The molecule has 1 amide bonds. The molecule has 0 aliphatic rings. The highest BCUT2D eigenvalue weighted by Crippen LogP contribution is 2.21. The van der Waals surface area contributed by atoms with E-state index in [0.29, 0.717) is 29.3 Å². The van der Waals surface area contributed by atoms with Crippen molar-refractivity contribution in [3.05, 3.63) is 46.7 Å². The van der Waals surface area contributed by atoms with Crippen LogP contribution < -0.4 is 5.32 Å². The third-order valence-corrected chi connectivity index (χ3v) is 4.44. The van der Waals surface area contributed by atoms with Crippen molar-refractivity contribution in [2.45, 2.75) is 39.3 Å². The van der Waals surface area contributed by atoms with Gasteiger partial charge in [0.1, 0.15) is 0 Å². The summed E-state index contributed by atoms with van der Waals surface area (Å²) < 4.78 is 4.39. The number of aryl methyl sites for hydroxylation is 1. The lowest BCUT2D eigenvalue weighted by Crippen LogP contribution is -2.24. The molecule has 0 aliphatic carbocycles. The number of halogens is 1. The summed E-state index contributed by atoms with van der Waals surface area (Å²) in [7, 11) is 0. The van der Waals surface area contributed by atoms with Gasteiger partial charge in [-0.25, -0.2) is 4.68 Å². The Morgan fingerprint density at radius 1 is 1.36 bits per heavy atom. The molecule has 0 aliphatic heterocycles. The summed E-state index contributed by atoms with van der Waals surface area (Å²) in [5.74, 6) is 0.763. The standard InChI is InChI=1S/C18H23ClN4OS/c1-3-5-12-22-17(14-6-8-15(19)9-7-14)21-23(18(22)25)13-10-16(24)20-11-4-2/h4,6-9H,2-3,5,10-13H2,1H3,(H,20,24). The highest BCUT2D eigenvalue weighted by atomic mass is 35.5. The maximum atomic E-state index is 11.8. The van der Waals surface area contributed by atoms with Crippen molar-refractivity contribution in [2.24, 2.45) is 0 Å². The first kappa shape index (κ1) is 19.4. The number of benzene rings is 1. The van der Waals surface area contributed by atoms with Gasteiger partial charge in [-0.3, -0.25) is 9.36 Å². The number of hydrogen-bond donors (Lipinski definition) is 1. The summed E-state index contributed by atoms with van der Waals surface area (Å²) >= 11 is 11.6. The average Bonchev–Trinajstić information content (AvgIpc) is 2.93. The Morgan fingerprint density at radius 3 is 2.72 bits per heavy atom.